The third kappa shape index (κ3) is 3.48. The first-order chi connectivity index (χ1) is 9.07. The summed E-state index contributed by atoms with van der Waals surface area (Å²) in [6.07, 6.45) is 2.57. The molecule has 0 bridgehead atoms. The van der Waals surface area contributed by atoms with Gasteiger partial charge in [-0.1, -0.05) is 12.1 Å². The molecule has 106 valence electrons. The lowest BCUT2D eigenvalue weighted by Crippen LogP contribution is -2.39. The number of anilines is 1. The Bertz CT molecular complexity index is 396. The highest BCUT2D eigenvalue weighted by Gasteiger charge is 2.45. The SMILES string of the molecule is COCCN(CC1(c2ccc(N)cc2)CC1)C(C)C. The van der Waals surface area contributed by atoms with Crippen LogP contribution in [0.2, 0.25) is 0 Å². The minimum Gasteiger partial charge on any atom is -0.399 e. The summed E-state index contributed by atoms with van der Waals surface area (Å²) in [6, 6.07) is 8.98. The average Bonchev–Trinajstić information content (AvgIpc) is 3.16. The predicted octanol–water partition coefficient (Wildman–Crippen LogP) is 2.66. The second-order valence-electron chi connectivity index (χ2n) is 5.96. The molecular weight excluding hydrogens is 236 g/mol. The smallest absolute Gasteiger partial charge is 0.0589 e. The molecule has 0 aliphatic heterocycles. The second kappa shape index (κ2) is 5.93. The quantitative estimate of drug-likeness (QED) is 0.768. The number of hydrogen-bond acceptors (Lipinski definition) is 3. The molecule has 3 nitrogen and oxygen atoms in total. The van der Waals surface area contributed by atoms with E-state index in [1.165, 1.54) is 18.4 Å². The first-order valence-electron chi connectivity index (χ1n) is 7.16. The van der Waals surface area contributed by atoms with Crippen molar-refractivity contribution in [2.75, 3.05) is 32.5 Å². The van der Waals surface area contributed by atoms with Gasteiger partial charge in [-0.3, -0.25) is 4.90 Å². The highest BCUT2D eigenvalue weighted by Crippen LogP contribution is 2.49. The minimum atomic E-state index is 0.353. The molecule has 1 aromatic rings. The number of rotatable bonds is 7. The van der Waals surface area contributed by atoms with Crippen LogP contribution in [0, 0.1) is 0 Å². The van der Waals surface area contributed by atoms with Gasteiger partial charge in [0.05, 0.1) is 6.61 Å². The van der Waals surface area contributed by atoms with Gasteiger partial charge in [-0.25, -0.2) is 0 Å². The van der Waals surface area contributed by atoms with Gasteiger partial charge in [0.25, 0.3) is 0 Å². The first kappa shape index (κ1) is 14.4. The van der Waals surface area contributed by atoms with Gasteiger partial charge in [0.15, 0.2) is 0 Å². The van der Waals surface area contributed by atoms with Crippen molar-refractivity contribution in [3.8, 4) is 0 Å². The van der Waals surface area contributed by atoms with Crippen molar-refractivity contribution in [3.05, 3.63) is 29.8 Å². The summed E-state index contributed by atoms with van der Waals surface area (Å²) in [4.78, 5) is 2.52. The number of nitrogen functional groups attached to an aromatic ring is 1. The molecule has 1 aliphatic carbocycles. The van der Waals surface area contributed by atoms with Crippen molar-refractivity contribution in [2.45, 2.75) is 38.1 Å². The van der Waals surface area contributed by atoms with Crippen molar-refractivity contribution in [2.24, 2.45) is 0 Å². The number of nitrogens with two attached hydrogens (primary N) is 1. The lowest BCUT2D eigenvalue weighted by molar-refractivity contribution is 0.122. The second-order valence-corrected chi connectivity index (χ2v) is 5.96. The molecule has 1 aromatic carbocycles. The number of ether oxygens (including phenoxy) is 1. The Morgan fingerprint density at radius 1 is 1.26 bits per heavy atom. The summed E-state index contributed by atoms with van der Waals surface area (Å²) in [5.41, 5.74) is 8.41. The maximum absolute atomic E-state index is 5.78. The number of nitrogens with zero attached hydrogens (tertiary/aromatic N) is 1. The van der Waals surface area contributed by atoms with Crippen molar-refractivity contribution < 1.29 is 4.74 Å². The summed E-state index contributed by atoms with van der Waals surface area (Å²) in [6.45, 7) is 7.45. The third-order valence-corrected chi connectivity index (χ3v) is 4.20. The van der Waals surface area contributed by atoms with Crippen LogP contribution in [-0.4, -0.2) is 37.7 Å². The molecule has 2 rings (SSSR count). The topological polar surface area (TPSA) is 38.5 Å². The fourth-order valence-electron chi connectivity index (χ4n) is 2.64. The van der Waals surface area contributed by atoms with Gasteiger partial charge in [0, 0.05) is 37.3 Å². The van der Waals surface area contributed by atoms with Crippen molar-refractivity contribution >= 4 is 5.69 Å². The van der Waals surface area contributed by atoms with Gasteiger partial charge >= 0.3 is 0 Å². The van der Waals surface area contributed by atoms with Crippen LogP contribution in [0.15, 0.2) is 24.3 Å². The first-order valence-corrected chi connectivity index (χ1v) is 7.16. The van der Waals surface area contributed by atoms with Crippen LogP contribution in [0.3, 0.4) is 0 Å². The maximum atomic E-state index is 5.78. The fraction of sp³-hybridized carbons (Fsp3) is 0.625. The van der Waals surface area contributed by atoms with E-state index in [4.69, 9.17) is 10.5 Å². The van der Waals surface area contributed by atoms with Crippen molar-refractivity contribution in [3.63, 3.8) is 0 Å². The van der Waals surface area contributed by atoms with Gasteiger partial charge in [-0.15, -0.1) is 0 Å². The Hall–Kier alpha value is -1.06. The van der Waals surface area contributed by atoms with E-state index >= 15 is 0 Å². The van der Waals surface area contributed by atoms with Crippen LogP contribution >= 0.6 is 0 Å². The van der Waals surface area contributed by atoms with Crippen LogP contribution in [0.1, 0.15) is 32.3 Å². The van der Waals surface area contributed by atoms with Crippen LogP contribution in [0.25, 0.3) is 0 Å². The van der Waals surface area contributed by atoms with Crippen LogP contribution in [0.4, 0.5) is 5.69 Å². The van der Waals surface area contributed by atoms with E-state index in [2.05, 4.69) is 30.9 Å². The molecular formula is C16H26N2O. The van der Waals surface area contributed by atoms with E-state index < -0.39 is 0 Å². The van der Waals surface area contributed by atoms with E-state index in [-0.39, 0.29) is 0 Å². The zero-order valence-corrected chi connectivity index (χ0v) is 12.4. The van der Waals surface area contributed by atoms with E-state index in [0.717, 1.165) is 25.4 Å². The summed E-state index contributed by atoms with van der Waals surface area (Å²) in [5, 5.41) is 0. The lowest BCUT2D eigenvalue weighted by atomic mass is 9.94. The summed E-state index contributed by atoms with van der Waals surface area (Å²) < 4.78 is 5.22. The zero-order chi connectivity index (χ0) is 13.9. The third-order valence-electron chi connectivity index (χ3n) is 4.20. The highest BCUT2D eigenvalue weighted by atomic mass is 16.5. The monoisotopic (exact) mass is 262 g/mol. The van der Waals surface area contributed by atoms with Crippen molar-refractivity contribution in [1.82, 2.24) is 4.90 Å². The highest BCUT2D eigenvalue weighted by molar-refractivity contribution is 5.43. The van der Waals surface area contributed by atoms with E-state index in [0.29, 0.717) is 11.5 Å². The molecule has 2 N–H and O–H groups in total. The minimum absolute atomic E-state index is 0.353. The standard InChI is InChI=1S/C16H26N2O/c1-13(2)18(10-11-19-3)12-16(8-9-16)14-4-6-15(17)7-5-14/h4-7,13H,8-12,17H2,1-3H3. The Morgan fingerprint density at radius 3 is 2.37 bits per heavy atom. The van der Waals surface area contributed by atoms with E-state index in [9.17, 15) is 0 Å². The molecule has 19 heavy (non-hydrogen) atoms. The molecule has 0 spiro atoms. The van der Waals surface area contributed by atoms with E-state index in [1.807, 2.05) is 12.1 Å². The average molecular weight is 262 g/mol. The van der Waals surface area contributed by atoms with Gasteiger partial charge in [0.2, 0.25) is 0 Å². The zero-order valence-electron chi connectivity index (χ0n) is 12.4. The molecule has 1 fully saturated rings. The van der Waals surface area contributed by atoms with Crippen LogP contribution < -0.4 is 5.73 Å². The normalized spacial score (nSPS) is 17.1. The summed E-state index contributed by atoms with van der Waals surface area (Å²) >= 11 is 0. The Morgan fingerprint density at radius 2 is 1.89 bits per heavy atom. The Kier molecular flexibility index (Phi) is 4.48. The van der Waals surface area contributed by atoms with Crippen molar-refractivity contribution in [1.29, 1.82) is 0 Å². The lowest BCUT2D eigenvalue weighted by Gasteiger charge is -2.31. The number of benzene rings is 1. The molecule has 0 aromatic heterocycles. The molecule has 1 aliphatic rings. The number of methoxy groups -OCH3 is 1. The van der Waals surface area contributed by atoms with Gasteiger partial charge < -0.3 is 10.5 Å². The molecule has 0 unspecified atom stereocenters. The molecule has 0 saturated heterocycles. The largest absolute Gasteiger partial charge is 0.399 e. The Balaban J connectivity index is 2.05. The fourth-order valence-corrected chi connectivity index (χ4v) is 2.64. The molecule has 3 heteroatoms. The Labute approximate surface area is 116 Å². The molecule has 0 heterocycles. The molecule has 1 saturated carbocycles. The summed E-state index contributed by atoms with van der Waals surface area (Å²) in [5.74, 6) is 0. The molecule has 0 atom stereocenters. The molecule has 0 radical (unpaired) electrons. The van der Waals surface area contributed by atoms with Gasteiger partial charge in [-0.05, 0) is 44.4 Å². The number of hydrogen-bond donors (Lipinski definition) is 1. The maximum Gasteiger partial charge on any atom is 0.0589 e. The molecule has 0 amide bonds. The van der Waals surface area contributed by atoms with Crippen LogP contribution in [0.5, 0.6) is 0 Å². The van der Waals surface area contributed by atoms with Gasteiger partial charge in [0.1, 0.15) is 0 Å². The van der Waals surface area contributed by atoms with Gasteiger partial charge in [-0.2, -0.15) is 0 Å². The van der Waals surface area contributed by atoms with E-state index in [1.54, 1.807) is 7.11 Å². The van der Waals surface area contributed by atoms with Crippen LogP contribution in [-0.2, 0) is 10.2 Å². The summed E-state index contributed by atoms with van der Waals surface area (Å²) in [7, 11) is 1.77. The predicted molar refractivity (Wildman–Crippen MR) is 80.4 cm³/mol.